The van der Waals surface area contributed by atoms with E-state index in [0.717, 1.165) is 5.56 Å². The van der Waals surface area contributed by atoms with E-state index in [0.29, 0.717) is 27.2 Å². The Morgan fingerprint density at radius 1 is 1.10 bits per heavy atom. The number of benzene rings is 3. The first-order valence-electron chi connectivity index (χ1n) is 9.01. The van der Waals surface area contributed by atoms with Gasteiger partial charge < -0.3 is 10.3 Å². The lowest BCUT2D eigenvalue weighted by Gasteiger charge is -2.10. The van der Waals surface area contributed by atoms with E-state index in [4.69, 9.17) is 23.8 Å². The van der Waals surface area contributed by atoms with Crippen LogP contribution in [0.4, 0.5) is 4.39 Å². The maximum atomic E-state index is 13.2. The van der Waals surface area contributed by atoms with Gasteiger partial charge in [0.05, 0.1) is 16.6 Å². The Hall–Kier alpha value is -3.29. The number of fused-ring (bicyclic) bond motifs is 1. The van der Waals surface area contributed by atoms with Gasteiger partial charge >= 0.3 is 0 Å². The van der Waals surface area contributed by atoms with Crippen molar-refractivity contribution in [2.75, 3.05) is 0 Å². The molecule has 30 heavy (non-hydrogen) atoms. The lowest BCUT2D eigenvalue weighted by molar-refractivity contribution is 0.0951. The molecular weight excluding hydrogens is 425 g/mol. The zero-order valence-electron chi connectivity index (χ0n) is 15.5. The number of rotatable bonds is 4. The molecule has 0 aliphatic rings. The van der Waals surface area contributed by atoms with Crippen LogP contribution in [0.2, 0.25) is 5.02 Å². The van der Waals surface area contributed by atoms with Gasteiger partial charge in [0.1, 0.15) is 5.82 Å². The number of halogens is 2. The number of aromatic nitrogens is 2. The van der Waals surface area contributed by atoms with Crippen molar-refractivity contribution < 1.29 is 9.18 Å². The first-order chi connectivity index (χ1) is 14.4. The highest BCUT2D eigenvalue weighted by atomic mass is 35.5. The normalized spacial score (nSPS) is 10.9. The highest BCUT2D eigenvalue weighted by Crippen LogP contribution is 2.16. The van der Waals surface area contributed by atoms with Gasteiger partial charge in [0, 0.05) is 17.1 Å². The lowest BCUT2D eigenvalue weighted by Crippen LogP contribution is -2.24. The molecule has 4 rings (SSSR count). The van der Waals surface area contributed by atoms with Crippen molar-refractivity contribution >= 4 is 40.6 Å². The number of amides is 1. The number of nitrogens with one attached hydrogen (secondary N) is 2. The molecule has 0 atom stereocenters. The fourth-order valence-corrected chi connectivity index (χ4v) is 3.60. The Kier molecular flexibility index (Phi) is 5.48. The van der Waals surface area contributed by atoms with Crippen LogP contribution >= 0.6 is 23.8 Å². The smallest absolute Gasteiger partial charge is 0.266 e. The Labute approximate surface area is 180 Å². The Morgan fingerprint density at radius 3 is 2.57 bits per heavy atom. The fraction of sp³-hybridized carbons (Fsp3) is 0.0455. The summed E-state index contributed by atoms with van der Waals surface area (Å²) < 4.78 is 14.6. The molecule has 0 unspecified atom stereocenters. The molecule has 2 N–H and O–H groups in total. The summed E-state index contributed by atoms with van der Waals surface area (Å²) in [6.07, 6.45) is 0. The third-order valence-electron chi connectivity index (χ3n) is 4.64. The van der Waals surface area contributed by atoms with Gasteiger partial charge in [-0.3, -0.25) is 14.2 Å². The van der Waals surface area contributed by atoms with E-state index in [9.17, 15) is 14.0 Å². The third-order valence-corrected chi connectivity index (χ3v) is 5.30. The van der Waals surface area contributed by atoms with E-state index in [-0.39, 0.29) is 22.8 Å². The standard InChI is InChI=1S/C22H15ClFN3O2S/c23-18-4-2-1-3-14(18)12-25-20(28)13-5-10-17-19(11-13)26-22(30)27(21(17)29)16-8-6-15(24)7-9-16/h1-11H,12H2,(H,25,28)(H,26,30). The zero-order valence-corrected chi connectivity index (χ0v) is 17.1. The fourth-order valence-electron chi connectivity index (χ4n) is 3.10. The summed E-state index contributed by atoms with van der Waals surface area (Å²) in [6.45, 7) is 0.276. The van der Waals surface area contributed by atoms with Crippen LogP contribution in [0.25, 0.3) is 16.6 Å². The first kappa shape index (κ1) is 20.0. The molecule has 1 amide bonds. The van der Waals surface area contributed by atoms with Crippen molar-refractivity contribution in [2.24, 2.45) is 0 Å². The third kappa shape index (κ3) is 3.90. The van der Waals surface area contributed by atoms with Crippen LogP contribution in [-0.2, 0) is 6.54 Å². The van der Waals surface area contributed by atoms with Crippen LogP contribution in [0.15, 0.2) is 71.5 Å². The maximum absolute atomic E-state index is 13.2. The van der Waals surface area contributed by atoms with Gasteiger partial charge in [0.2, 0.25) is 0 Å². The molecule has 0 fully saturated rings. The predicted octanol–water partition coefficient (Wildman–Crippen LogP) is 4.77. The molecule has 150 valence electrons. The molecule has 5 nitrogen and oxygen atoms in total. The highest BCUT2D eigenvalue weighted by Gasteiger charge is 2.12. The van der Waals surface area contributed by atoms with Crippen molar-refractivity contribution in [2.45, 2.75) is 6.54 Å². The van der Waals surface area contributed by atoms with Crippen LogP contribution in [0.5, 0.6) is 0 Å². The van der Waals surface area contributed by atoms with E-state index in [2.05, 4.69) is 10.3 Å². The Morgan fingerprint density at radius 2 is 1.83 bits per heavy atom. The van der Waals surface area contributed by atoms with Crippen molar-refractivity contribution in [3.05, 3.63) is 104 Å². The zero-order chi connectivity index (χ0) is 21.3. The van der Waals surface area contributed by atoms with Crippen molar-refractivity contribution in [1.29, 1.82) is 0 Å². The van der Waals surface area contributed by atoms with Crippen molar-refractivity contribution in [3.8, 4) is 5.69 Å². The maximum Gasteiger partial charge on any atom is 0.266 e. The second-order valence-electron chi connectivity index (χ2n) is 6.58. The van der Waals surface area contributed by atoms with Crippen molar-refractivity contribution in [3.63, 3.8) is 0 Å². The average molecular weight is 440 g/mol. The summed E-state index contributed by atoms with van der Waals surface area (Å²) >= 11 is 11.4. The number of carbonyl (C=O) groups excluding carboxylic acids is 1. The molecule has 4 aromatic rings. The van der Waals surface area contributed by atoms with E-state index < -0.39 is 5.82 Å². The van der Waals surface area contributed by atoms with Gasteiger partial charge in [-0.1, -0.05) is 29.8 Å². The summed E-state index contributed by atoms with van der Waals surface area (Å²) in [7, 11) is 0. The van der Waals surface area contributed by atoms with Gasteiger partial charge in [-0.05, 0) is 66.3 Å². The average Bonchev–Trinajstić information content (AvgIpc) is 2.74. The number of carbonyl (C=O) groups is 1. The van der Waals surface area contributed by atoms with Gasteiger partial charge in [0.15, 0.2) is 4.77 Å². The summed E-state index contributed by atoms with van der Waals surface area (Å²) in [5.41, 5.74) is 1.71. The Bertz CT molecular complexity index is 1380. The lowest BCUT2D eigenvalue weighted by atomic mass is 10.1. The molecule has 0 bridgehead atoms. The number of hydrogen-bond donors (Lipinski definition) is 2. The number of H-pyrrole nitrogens is 1. The molecule has 1 aromatic heterocycles. The molecular formula is C22H15ClFN3O2S. The number of hydrogen-bond acceptors (Lipinski definition) is 3. The van der Waals surface area contributed by atoms with Crippen LogP contribution < -0.4 is 10.9 Å². The van der Waals surface area contributed by atoms with Gasteiger partial charge in [-0.15, -0.1) is 0 Å². The second-order valence-corrected chi connectivity index (χ2v) is 7.38. The molecule has 0 spiro atoms. The van der Waals surface area contributed by atoms with E-state index in [1.807, 2.05) is 18.2 Å². The van der Waals surface area contributed by atoms with Crippen LogP contribution in [0, 0.1) is 10.6 Å². The minimum atomic E-state index is -0.407. The van der Waals surface area contributed by atoms with Gasteiger partial charge in [-0.2, -0.15) is 0 Å². The molecule has 0 saturated heterocycles. The first-order valence-corrected chi connectivity index (χ1v) is 9.79. The molecule has 8 heteroatoms. The SMILES string of the molecule is O=C(NCc1ccccc1Cl)c1ccc2c(=O)n(-c3ccc(F)cc3)c(=S)[nH]c2c1. The number of nitrogens with zero attached hydrogens (tertiary/aromatic N) is 1. The molecule has 0 saturated carbocycles. The Balaban J connectivity index is 1.66. The van der Waals surface area contributed by atoms with Crippen LogP contribution in [0.1, 0.15) is 15.9 Å². The quantitative estimate of drug-likeness (QED) is 0.450. The predicted molar refractivity (Wildman–Crippen MR) is 117 cm³/mol. The molecule has 0 radical (unpaired) electrons. The topological polar surface area (TPSA) is 66.9 Å². The van der Waals surface area contributed by atoms with Crippen LogP contribution in [-0.4, -0.2) is 15.5 Å². The largest absolute Gasteiger partial charge is 0.348 e. The monoisotopic (exact) mass is 439 g/mol. The second kappa shape index (κ2) is 8.22. The molecule has 3 aromatic carbocycles. The number of aromatic amines is 1. The summed E-state index contributed by atoms with van der Waals surface area (Å²) in [6, 6.07) is 17.4. The molecule has 0 aliphatic carbocycles. The summed E-state index contributed by atoms with van der Waals surface area (Å²) in [5.74, 6) is -0.714. The molecule has 1 heterocycles. The molecule has 0 aliphatic heterocycles. The van der Waals surface area contributed by atoms with E-state index in [1.54, 1.807) is 24.3 Å². The van der Waals surface area contributed by atoms with E-state index in [1.165, 1.54) is 28.8 Å². The van der Waals surface area contributed by atoms with Crippen LogP contribution in [0.3, 0.4) is 0 Å². The van der Waals surface area contributed by atoms with Gasteiger partial charge in [0.25, 0.3) is 11.5 Å². The van der Waals surface area contributed by atoms with E-state index >= 15 is 0 Å². The van der Waals surface area contributed by atoms with Crippen molar-refractivity contribution in [1.82, 2.24) is 14.9 Å². The minimum absolute atomic E-state index is 0.146. The highest BCUT2D eigenvalue weighted by molar-refractivity contribution is 7.71. The van der Waals surface area contributed by atoms with Gasteiger partial charge in [-0.25, -0.2) is 4.39 Å². The summed E-state index contributed by atoms with van der Waals surface area (Å²) in [5, 5.41) is 3.74. The summed E-state index contributed by atoms with van der Waals surface area (Å²) in [4.78, 5) is 28.5. The minimum Gasteiger partial charge on any atom is -0.348 e.